The van der Waals surface area contributed by atoms with Gasteiger partial charge in [0.05, 0.1) is 0 Å². The molecule has 0 saturated heterocycles. The first-order chi connectivity index (χ1) is 8.39. The smallest absolute Gasteiger partial charge is 0.0303 e. The van der Waals surface area contributed by atoms with Crippen LogP contribution >= 0.6 is 0 Å². The fourth-order valence-corrected chi connectivity index (χ4v) is 3.09. The Morgan fingerprint density at radius 3 is 2.22 bits per heavy atom. The van der Waals surface area contributed by atoms with E-state index in [4.69, 9.17) is 5.73 Å². The summed E-state index contributed by atoms with van der Waals surface area (Å²) in [6, 6.07) is 0.752. The third-order valence-electron chi connectivity index (χ3n) is 5.08. The van der Waals surface area contributed by atoms with Crippen molar-refractivity contribution in [3.63, 3.8) is 0 Å². The van der Waals surface area contributed by atoms with Crippen LogP contribution in [0, 0.1) is 11.8 Å². The first-order valence-corrected chi connectivity index (χ1v) is 7.82. The molecular formula is C16H34N2. The van der Waals surface area contributed by atoms with Crippen molar-refractivity contribution in [1.82, 2.24) is 4.90 Å². The molecule has 0 aliphatic heterocycles. The number of rotatable bonds is 6. The summed E-state index contributed by atoms with van der Waals surface area (Å²) >= 11 is 0. The highest BCUT2D eigenvalue weighted by Crippen LogP contribution is 2.32. The number of nitrogens with two attached hydrogens (primary N) is 1. The third-order valence-corrected chi connectivity index (χ3v) is 5.08. The van der Waals surface area contributed by atoms with E-state index in [0.717, 1.165) is 24.4 Å². The van der Waals surface area contributed by atoms with Gasteiger partial charge in [0.2, 0.25) is 0 Å². The molecule has 1 aliphatic carbocycles. The van der Waals surface area contributed by atoms with Gasteiger partial charge in [-0.25, -0.2) is 0 Å². The quantitative estimate of drug-likeness (QED) is 0.784. The molecule has 0 aromatic heterocycles. The predicted octanol–water partition coefficient (Wildman–Crippen LogP) is 3.65. The van der Waals surface area contributed by atoms with E-state index in [0.29, 0.717) is 0 Å². The van der Waals surface area contributed by atoms with Crippen molar-refractivity contribution in [2.24, 2.45) is 17.6 Å². The monoisotopic (exact) mass is 254 g/mol. The van der Waals surface area contributed by atoms with Gasteiger partial charge in [0.25, 0.3) is 0 Å². The summed E-state index contributed by atoms with van der Waals surface area (Å²) in [5, 5.41) is 0. The van der Waals surface area contributed by atoms with E-state index in [1.54, 1.807) is 0 Å². The minimum atomic E-state index is 0.190. The molecule has 1 aliphatic rings. The van der Waals surface area contributed by atoms with Gasteiger partial charge in [0.1, 0.15) is 0 Å². The van der Waals surface area contributed by atoms with Gasteiger partial charge >= 0.3 is 0 Å². The standard InChI is InChI=1S/C16H34N2/c1-13(2)10-11-16(4,12-17)18(5)15-8-6-14(3)7-9-15/h13-15H,6-12,17H2,1-5H3. The lowest BCUT2D eigenvalue weighted by molar-refractivity contribution is 0.0527. The molecule has 1 rings (SSSR count). The summed E-state index contributed by atoms with van der Waals surface area (Å²) in [5.41, 5.74) is 6.28. The van der Waals surface area contributed by atoms with E-state index in [1.807, 2.05) is 0 Å². The molecular weight excluding hydrogens is 220 g/mol. The average Bonchev–Trinajstić information content (AvgIpc) is 2.36. The number of hydrogen-bond donors (Lipinski definition) is 1. The van der Waals surface area contributed by atoms with Gasteiger partial charge in [0.15, 0.2) is 0 Å². The molecule has 1 fully saturated rings. The van der Waals surface area contributed by atoms with Crippen LogP contribution in [0.4, 0.5) is 0 Å². The molecule has 108 valence electrons. The number of likely N-dealkylation sites (N-methyl/N-ethyl adjacent to an activating group) is 1. The summed E-state index contributed by atoms with van der Waals surface area (Å²) in [6.45, 7) is 10.1. The molecule has 0 spiro atoms. The fourth-order valence-electron chi connectivity index (χ4n) is 3.09. The van der Waals surface area contributed by atoms with E-state index < -0.39 is 0 Å². The Morgan fingerprint density at radius 1 is 1.22 bits per heavy atom. The molecule has 2 heteroatoms. The molecule has 1 unspecified atom stereocenters. The Bertz CT molecular complexity index is 231. The molecule has 1 atom stereocenters. The lowest BCUT2D eigenvalue weighted by Crippen LogP contribution is -2.54. The first kappa shape index (κ1) is 16.0. The lowest BCUT2D eigenvalue weighted by Gasteiger charge is -2.45. The van der Waals surface area contributed by atoms with Gasteiger partial charge in [-0.15, -0.1) is 0 Å². The van der Waals surface area contributed by atoms with Crippen molar-refractivity contribution < 1.29 is 0 Å². The zero-order chi connectivity index (χ0) is 13.8. The molecule has 0 aromatic carbocycles. The Labute approximate surface area is 114 Å². The SMILES string of the molecule is CC(C)CCC(C)(CN)N(C)C1CCC(C)CC1. The molecule has 18 heavy (non-hydrogen) atoms. The van der Waals surface area contributed by atoms with Gasteiger partial charge in [-0.3, -0.25) is 4.90 Å². The summed E-state index contributed by atoms with van der Waals surface area (Å²) in [4.78, 5) is 2.60. The van der Waals surface area contributed by atoms with Gasteiger partial charge < -0.3 is 5.73 Å². The largest absolute Gasteiger partial charge is 0.329 e. The van der Waals surface area contributed by atoms with Crippen LogP contribution in [0.5, 0.6) is 0 Å². The van der Waals surface area contributed by atoms with Crippen LogP contribution in [0.3, 0.4) is 0 Å². The molecule has 0 heterocycles. The molecule has 0 amide bonds. The molecule has 0 radical (unpaired) electrons. The van der Waals surface area contributed by atoms with Crippen LogP contribution in [-0.4, -0.2) is 30.1 Å². The lowest BCUT2D eigenvalue weighted by atomic mass is 9.83. The van der Waals surface area contributed by atoms with Crippen LogP contribution in [-0.2, 0) is 0 Å². The van der Waals surface area contributed by atoms with Crippen molar-refractivity contribution in [3.8, 4) is 0 Å². The second kappa shape index (κ2) is 6.91. The van der Waals surface area contributed by atoms with Gasteiger partial charge in [-0.05, 0) is 64.3 Å². The highest BCUT2D eigenvalue weighted by Gasteiger charge is 2.33. The minimum absolute atomic E-state index is 0.190. The Kier molecular flexibility index (Phi) is 6.13. The van der Waals surface area contributed by atoms with Crippen molar-refractivity contribution in [2.45, 2.75) is 77.8 Å². The van der Waals surface area contributed by atoms with Crippen LogP contribution in [0.25, 0.3) is 0 Å². The molecule has 2 nitrogen and oxygen atoms in total. The highest BCUT2D eigenvalue weighted by molar-refractivity contribution is 4.91. The summed E-state index contributed by atoms with van der Waals surface area (Å²) in [7, 11) is 2.30. The maximum Gasteiger partial charge on any atom is 0.0303 e. The van der Waals surface area contributed by atoms with Crippen LogP contribution in [0.1, 0.15) is 66.2 Å². The maximum atomic E-state index is 6.09. The predicted molar refractivity (Wildman–Crippen MR) is 80.7 cm³/mol. The third kappa shape index (κ3) is 4.24. The van der Waals surface area contributed by atoms with Crippen LogP contribution < -0.4 is 5.73 Å². The first-order valence-electron chi connectivity index (χ1n) is 7.82. The second-order valence-corrected chi connectivity index (χ2v) is 7.16. The van der Waals surface area contributed by atoms with Gasteiger partial charge in [0, 0.05) is 18.1 Å². The Morgan fingerprint density at radius 2 is 1.78 bits per heavy atom. The zero-order valence-corrected chi connectivity index (χ0v) is 13.2. The summed E-state index contributed by atoms with van der Waals surface area (Å²) < 4.78 is 0. The zero-order valence-electron chi connectivity index (χ0n) is 13.2. The minimum Gasteiger partial charge on any atom is -0.329 e. The van der Waals surface area contributed by atoms with Crippen LogP contribution in [0.15, 0.2) is 0 Å². The second-order valence-electron chi connectivity index (χ2n) is 7.16. The average molecular weight is 254 g/mol. The van der Waals surface area contributed by atoms with Crippen LogP contribution in [0.2, 0.25) is 0 Å². The Balaban J connectivity index is 2.57. The molecule has 0 aromatic rings. The topological polar surface area (TPSA) is 29.3 Å². The molecule has 1 saturated carbocycles. The normalized spacial score (nSPS) is 28.7. The molecule has 2 N–H and O–H groups in total. The number of hydrogen-bond acceptors (Lipinski definition) is 2. The van der Waals surface area contributed by atoms with Gasteiger partial charge in [-0.2, -0.15) is 0 Å². The van der Waals surface area contributed by atoms with E-state index in [2.05, 4.69) is 39.6 Å². The highest BCUT2D eigenvalue weighted by atomic mass is 15.2. The fraction of sp³-hybridized carbons (Fsp3) is 1.00. The van der Waals surface area contributed by atoms with E-state index >= 15 is 0 Å². The van der Waals surface area contributed by atoms with Crippen molar-refractivity contribution in [3.05, 3.63) is 0 Å². The van der Waals surface area contributed by atoms with Crippen molar-refractivity contribution in [2.75, 3.05) is 13.6 Å². The van der Waals surface area contributed by atoms with E-state index in [9.17, 15) is 0 Å². The van der Waals surface area contributed by atoms with Crippen molar-refractivity contribution >= 4 is 0 Å². The number of nitrogens with zero attached hydrogens (tertiary/aromatic N) is 1. The maximum absolute atomic E-state index is 6.09. The molecule has 0 bridgehead atoms. The summed E-state index contributed by atoms with van der Waals surface area (Å²) in [5.74, 6) is 1.70. The van der Waals surface area contributed by atoms with Gasteiger partial charge in [-0.1, -0.05) is 20.8 Å². The summed E-state index contributed by atoms with van der Waals surface area (Å²) in [6.07, 6.45) is 7.99. The van der Waals surface area contributed by atoms with Crippen molar-refractivity contribution in [1.29, 1.82) is 0 Å². The van der Waals surface area contributed by atoms with E-state index in [1.165, 1.54) is 38.5 Å². The van der Waals surface area contributed by atoms with E-state index in [-0.39, 0.29) is 5.54 Å². The Hall–Kier alpha value is -0.0800.